The maximum Gasteiger partial charge on any atom is 0.269 e. The summed E-state index contributed by atoms with van der Waals surface area (Å²) in [5.74, 6) is 0.448. The van der Waals surface area contributed by atoms with Crippen molar-refractivity contribution in [1.29, 1.82) is 0 Å². The molecule has 7 nitrogen and oxygen atoms in total. The van der Waals surface area contributed by atoms with Crippen LogP contribution in [0.5, 0.6) is 0 Å². The third kappa shape index (κ3) is 7.47. The lowest BCUT2D eigenvalue weighted by Gasteiger charge is -2.29. The first-order valence-corrected chi connectivity index (χ1v) is 12.5. The summed E-state index contributed by atoms with van der Waals surface area (Å²) in [5, 5.41) is 14.5. The SMILES string of the molecule is CC(C(=O)NC1CCCC1)N(Cc1cccc(Cl)c1)C(=O)CSCc1ccc([N+](=O)[O-])cc1. The number of halogens is 1. The molecule has 1 aliphatic carbocycles. The van der Waals surface area contributed by atoms with Gasteiger partial charge in [0.25, 0.3) is 5.69 Å². The number of benzene rings is 2. The third-order valence-electron chi connectivity index (χ3n) is 5.75. The van der Waals surface area contributed by atoms with Crippen molar-refractivity contribution in [2.75, 3.05) is 5.75 Å². The first kappa shape index (κ1) is 25.1. The zero-order valence-electron chi connectivity index (χ0n) is 18.5. The Bertz CT molecular complexity index is 980. The zero-order chi connectivity index (χ0) is 23.8. The Morgan fingerprint density at radius 2 is 1.88 bits per heavy atom. The highest BCUT2D eigenvalue weighted by atomic mass is 35.5. The molecule has 0 aromatic heterocycles. The molecule has 3 rings (SSSR count). The van der Waals surface area contributed by atoms with E-state index in [1.54, 1.807) is 36.1 Å². The van der Waals surface area contributed by atoms with Gasteiger partial charge in [0.15, 0.2) is 0 Å². The summed E-state index contributed by atoms with van der Waals surface area (Å²) in [6.45, 7) is 2.05. The number of rotatable bonds is 10. The molecule has 0 aliphatic heterocycles. The predicted molar refractivity (Wildman–Crippen MR) is 131 cm³/mol. The Morgan fingerprint density at radius 1 is 1.18 bits per heavy atom. The number of amides is 2. The first-order chi connectivity index (χ1) is 15.8. The van der Waals surface area contributed by atoms with E-state index in [-0.39, 0.29) is 35.8 Å². The van der Waals surface area contributed by atoms with Gasteiger partial charge in [-0.25, -0.2) is 0 Å². The molecule has 1 fully saturated rings. The van der Waals surface area contributed by atoms with E-state index in [1.807, 2.05) is 12.1 Å². The van der Waals surface area contributed by atoms with Crippen LogP contribution in [0.1, 0.15) is 43.7 Å². The van der Waals surface area contributed by atoms with Crippen LogP contribution in [0.4, 0.5) is 5.69 Å². The van der Waals surface area contributed by atoms with E-state index in [2.05, 4.69) is 5.32 Å². The number of carbonyl (C=O) groups excluding carboxylic acids is 2. The molecule has 2 aromatic carbocycles. The molecule has 9 heteroatoms. The Balaban J connectivity index is 1.64. The van der Waals surface area contributed by atoms with Gasteiger partial charge in [-0.2, -0.15) is 0 Å². The summed E-state index contributed by atoms with van der Waals surface area (Å²) in [5.41, 5.74) is 1.79. The van der Waals surface area contributed by atoms with E-state index in [4.69, 9.17) is 11.6 Å². The molecule has 1 saturated carbocycles. The molecule has 2 amide bonds. The monoisotopic (exact) mass is 489 g/mol. The van der Waals surface area contributed by atoms with Crippen molar-refractivity contribution in [3.05, 3.63) is 74.8 Å². The lowest BCUT2D eigenvalue weighted by Crippen LogP contribution is -2.50. The van der Waals surface area contributed by atoms with Gasteiger partial charge in [-0.3, -0.25) is 19.7 Å². The first-order valence-electron chi connectivity index (χ1n) is 11.0. The highest BCUT2D eigenvalue weighted by molar-refractivity contribution is 7.99. The van der Waals surface area contributed by atoms with Gasteiger partial charge in [-0.1, -0.05) is 48.7 Å². The van der Waals surface area contributed by atoms with Gasteiger partial charge in [0.05, 0.1) is 10.7 Å². The number of hydrogen-bond donors (Lipinski definition) is 1. The van der Waals surface area contributed by atoms with Crippen molar-refractivity contribution in [3.63, 3.8) is 0 Å². The van der Waals surface area contributed by atoms with Crippen LogP contribution in [0.25, 0.3) is 0 Å². The van der Waals surface area contributed by atoms with E-state index in [0.29, 0.717) is 10.8 Å². The molecular weight excluding hydrogens is 462 g/mol. The smallest absolute Gasteiger partial charge is 0.269 e. The number of thioether (sulfide) groups is 1. The van der Waals surface area contributed by atoms with Gasteiger partial charge >= 0.3 is 0 Å². The van der Waals surface area contributed by atoms with Gasteiger partial charge in [0, 0.05) is 35.5 Å². The van der Waals surface area contributed by atoms with Gasteiger partial charge in [-0.05, 0) is 43.0 Å². The molecule has 0 heterocycles. The molecule has 1 aliphatic rings. The minimum absolute atomic E-state index is 0.0367. The number of non-ortho nitro benzene ring substituents is 1. The van der Waals surface area contributed by atoms with E-state index in [9.17, 15) is 19.7 Å². The minimum atomic E-state index is -0.614. The second-order valence-corrected chi connectivity index (χ2v) is 9.66. The fourth-order valence-corrected chi connectivity index (χ4v) is 4.94. The Hall–Kier alpha value is -2.58. The fourth-order valence-electron chi connectivity index (χ4n) is 3.86. The zero-order valence-corrected chi connectivity index (χ0v) is 20.1. The Labute approximate surface area is 203 Å². The maximum absolute atomic E-state index is 13.2. The van der Waals surface area contributed by atoms with Crippen LogP contribution in [-0.2, 0) is 21.9 Å². The molecule has 0 bridgehead atoms. The van der Waals surface area contributed by atoms with Crippen LogP contribution in [-0.4, -0.2) is 39.5 Å². The molecular formula is C24H28ClN3O4S. The summed E-state index contributed by atoms with van der Waals surface area (Å²) in [6.07, 6.45) is 4.19. The average Bonchev–Trinajstić information content (AvgIpc) is 3.30. The summed E-state index contributed by atoms with van der Waals surface area (Å²) in [6, 6.07) is 13.1. The number of hydrogen-bond acceptors (Lipinski definition) is 5. The molecule has 0 saturated heterocycles. The van der Waals surface area contributed by atoms with Gasteiger partial charge in [0.1, 0.15) is 6.04 Å². The molecule has 0 spiro atoms. The van der Waals surface area contributed by atoms with Gasteiger partial charge in [0.2, 0.25) is 11.8 Å². The minimum Gasteiger partial charge on any atom is -0.352 e. The lowest BCUT2D eigenvalue weighted by atomic mass is 10.1. The van der Waals surface area contributed by atoms with E-state index in [1.165, 1.54) is 23.9 Å². The van der Waals surface area contributed by atoms with Crippen LogP contribution in [0.2, 0.25) is 5.02 Å². The summed E-state index contributed by atoms with van der Waals surface area (Å²) < 4.78 is 0. The average molecular weight is 490 g/mol. The second kappa shape index (κ2) is 12.0. The highest BCUT2D eigenvalue weighted by Crippen LogP contribution is 2.21. The predicted octanol–water partition coefficient (Wildman–Crippen LogP) is 4.96. The molecule has 33 heavy (non-hydrogen) atoms. The molecule has 1 N–H and O–H groups in total. The Morgan fingerprint density at radius 3 is 2.52 bits per heavy atom. The number of nitro groups is 1. The highest BCUT2D eigenvalue weighted by Gasteiger charge is 2.28. The van der Waals surface area contributed by atoms with Crippen LogP contribution < -0.4 is 5.32 Å². The maximum atomic E-state index is 13.2. The van der Waals surface area contributed by atoms with Crippen molar-refractivity contribution >= 4 is 40.9 Å². The number of carbonyl (C=O) groups is 2. The van der Waals surface area contributed by atoms with Crippen molar-refractivity contribution in [1.82, 2.24) is 10.2 Å². The second-order valence-electron chi connectivity index (χ2n) is 8.23. The Kier molecular flexibility index (Phi) is 9.14. The van der Waals surface area contributed by atoms with E-state index >= 15 is 0 Å². The summed E-state index contributed by atoms with van der Waals surface area (Å²) in [7, 11) is 0. The fraction of sp³-hybridized carbons (Fsp3) is 0.417. The quantitative estimate of drug-likeness (QED) is 0.376. The molecule has 0 radical (unpaired) electrons. The number of nitrogens with zero attached hydrogens (tertiary/aromatic N) is 2. The van der Waals surface area contributed by atoms with Crippen LogP contribution in [0, 0.1) is 10.1 Å². The third-order valence-corrected chi connectivity index (χ3v) is 6.98. The van der Waals surface area contributed by atoms with Crippen molar-refractivity contribution in [2.45, 2.75) is 57.0 Å². The van der Waals surface area contributed by atoms with Crippen molar-refractivity contribution < 1.29 is 14.5 Å². The van der Waals surface area contributed by atoms with E-state index < -0.39 is 11.0 Å². The molecule has 176 valence electrons. The topological polar surface area (TPSA) is 92.6 Å². The normalized spacial score (nSPS) is 14.6. The number of nitro benzene ring substituents is 1. The van der Waals surface area contributed by atoms with Crippen LogP contribution >= 0.6 is 23.4 Å². The van der Waals surface area contributed by atoms with Crippen LogP contribution in [0.15, 0.2) is 48.5 Å². The largest absolute Gasteiger partial charge is 0.352 e. The van der Waals surface area contributed by atoms with Gasteiger partial charge < -0.3 is 10.2 Å². The van der Waals surface area contributed by atoms with Crippen LogP contribution in [0.3, 0.4) is 0 Å². The van der Waals surface area contributed by atoms with Crippen molar-refractivity contribution in [3.8, 4) is 0 Å². The molecule has 2 aromatic rings. The van der Waals surface area contributed by atoms with Crippen molar-refractivity contribution in [2.24, 2.45) is 0 Å². The molecule has 1 atom stereocenters. The number of nitrogens with one attached hydrogen (secondary N) is 1. The van der Waals surface area contributed by atoms with E-state index in [0.717, 1.165) is 36.8 Å². The molecule has 1 unspecified atom stereocenters. The summed E-state index contributed by atoms with van der Waals surface area (Å²) >= 11 is 7.53. The van der Waals surface area contributed by atoms with Gasteiger partial charge in [-0.15, -0.1) is 11.8 Å². The standard InChI is InChI=1S/C24H28ClN3O4S/c1-17(24(30)26-21-7-2-3-8-21)27(14-19-5-4-6-20(25)13-19)23(29)16-33-15-18-9-11-22(12-10-18)28(31)32/h4-6,9-13,17,21H,2-3,7-8,14-16H2,1H3,(H,26,30). The summed E-state index contributed by atoms with van der Waals surface area (Å²) in [4.78, 5) is 38.0. The lowest BCUT2D eigenvalue weighted by molar-refractivity contribution is -0.384.